The molecule has 0 saturated heterocycles. The second-order valence-electron chi connectivity index (χ2n) is 17.0. The molecule has 1 aromatic heterocycles. The van der Waals surface area contributed by atoms with Crippen LogP contribution in [0.3, 0.4) is 0 Å². The highest BCUT2D eigenvalue weighted by molar-refractivity contribution is 6.33. The molecule has 8 unspecified atom stereocenters. The third kappa shape index (κ3) is 5.18. The Labute approximate surface area is 308 Å². The Balaban J connectivity index is 1.17. The maximum absolute atomic E-state index is 15.0. The van der Waals surface area contributed by atoms with Crippen molar-refractivity contribution in [2.24, 2.45) is 33.5 Å². The maximum Gasteiger partial charge on any atom is 0.416 e. The molecule has 0 radical (unpaired) electrons. The van der Waals surface area contributed by atoms with Gasteiger partial charge in [0.15, 0.2) is 5.76 Å². The summed E-state index contributed by atoms with van der Waals surface area (Å²) in [5, 5.41) is 23.8. The van der Waals surface area contributed by atoms with Gasteiger partial charge < -0.3 is 19.5 Å². The lowest BCUT2D eigenvalue weighted by atomic mass is 9.32. The largest absolute Gasteiger partial charge is 0.453 e. The van der Waals surface area contributed by atoms with Crippen molar-refractivity contribution in [1.29, 1.82) is 0 Å². The fraction of sp³-hybridized carbons (Fsp3) is 0.512. The number of aliphatic hydroxyl groups is 2. The van der Waals surface area contributed by atoms with Crippen LogP contribution < -0.4 is 0 Å². The Morgan fingerprint density at radius 1 is 0.962 bits per heavy atom. The minimum absolute atomic E-state index is 0.0351. The van der Waals surface area contributed by atoms with Crippen molar-refractivity contribution < 1.29 is 32.6 Å². The monoisotopic (exact) mass is 733 g/mol. The van der Waals surface area contributed by atoms with E-state index in [0.717, 1.165) is 50.8 Å². The molecule has 276 valence electrons. The summed E-state index contributed by atoms with van der Waals surface area (Å²) in [7, 11) is 2.07. The van der Waals surface area contributed by atoms with Gasteiger partial charge in [-0.1, -0.05) is 74.0 Å². The zero-order chi connectivity index (χ0) is 36.9. The third-order valence-electron chi connectivity index (χ3n) is 14.5. The third-order valence-corrected chi connectivity index (χ3v) is 14.8. The van der Waals surface area contributed by atoms with Crippen LogP contribution >= 0.6 is 11.6 Å². The molecule has 3 saturated carbocycles. The maximum atomic E-state index is 15.0. The van der Waals surface area contributed by atoms with E-state index in [4.69, 9.17) is 16.0 Å². The van der Waals surface area contributed by atoms with E-state index in [9.17, 15) is 28.2 Å². The quantitative estimate of drug-likeness (QED) is 0.178. The molecule has 3 fully saturated rings. The Bertz CT molecular complexity index is 1960. The number of allylic oxidation sites excluding steroid dienone is 4. The highest BCUT2D eigenvalue weighted by atomic mass is 35.5. The van der Waals surface area contributed by atoms with Crippen molar-refractivity contribution in [3.05, 3.63) is 106 Å². The van der Waals surface area contributed by atoms with Gasteiger partial charge in [-0.25, -0.2) is 0 Å². The van der Waals surface area contributed by atoms with Gasteiger partial charge in [0, 0.05) is 40.5 Å². The summed E-state index contributed by atoms with van der Waals surface area (Å²) in [6.45, 7) is 5.89. The number of aliphatic hydroxyl groups excluding tert-OH is 1. The number of hydrogen-bond donors (Lipinski definition) is 2. The molecule has 9 rings (SSSR count). The number of Topliss-reactive ketones (excluding diaryl/α,β-unsaturated/α-hetero) is 1. The number of hydrogen-bond acceptors (Lipinski definition) is 5. The van der Waals surface area contributed by atoms with Gasteiger partial charge in [0.2, 0.25) is 5.78 Å². The summed E-state index contributed by atoms with van der Waals surface area (Å²) >= 11 is 6.37. The molecule has 2 spiro atoms. The van der Waals surface area contributed by atoms with Crippen LogP contribution in [-0.4, -0.2) is 52.7 Å². The number of likely N-dealkylation sites (N-methyl/N-ethyl adjacent to an activating group) is 1. The van der Waals surface area contributed by atoms with E-state index in [1.54, 1.807) is 0 Å². The minimum atomic E-state index is -4.57. The van der Waals surface area contributed by atoms with Gasteiger partial charge in [-0.15, -0.1) is 0 Å². The Hall–Kier alpha value is -3.17. The first-order chi connectivity index (χ1) is 24.6. The van der Waals surface area contributed by atoms with Gasteiger partial charge in [0.05, 0.1) is 22.3 Å². The number of benzene rings is 2. The topological polar surface area (TPSA) is 73.9 Å². The SMILES string of the molecule is CN(CCc1ccccc1)CC1(O)CCC2C34C=CC5(C=C3C(=O)c3ccc(-c6cc(C(F)(F)F)ccc6Cl)o3)CC(O)CCC5(C)C4CCC21C. The lowest BCUT2D eigenvalue weighted by Crippen LogP contribution is -2.67. The zero-order valence-corrected chi connectivity index (χ0v) is 30.7. The molecule has 3 aromatic rings. The van der Waals surface area contributed by atoms with Gasteiger partial charge in [-0.3, -0.25) is 4.79 Å². The van der Waals surface area contributed by atoms with Crippen LogP contribution in [0.5, 0.6) is 0 Å². The van der Waals surface area contributed by atoms with E-state index in [2.05, 4.69) is 56.2 Å². The molecule has 1 heterocycles. The second kappa shape index (κ2) is 12.2. The van der Waals surface area contributed by atoms with Gasteiger partial charge >= 0.3 is 6.18 Å². The molecule has 8 atom stereocenters. The van der Waals surface area contributed by atoms with Crippen molar-refractivity contribution in [2.75, 3.05) is 20.1 Å². The number of fused-ring (bicyclic) bond motifs is 1. The molecule has 0 amide bonds. The van der Waals surface area contributed by atoms with Crippen LogP contribution in [0, 0.1) is 33.5 Å². The summed E-state index contributed by atoms with van der Waals surface area (Å²) in [6.07, 6.45) is 7.52. The number of alkyl halides is 3. The van der Waals surface area contributed by atoms with E-state index in [1.165, 1.54) is 23.8 Å². The molecule has 6 aliphatic carbocycles. The lowest BCUT2D eigenvalue weighted by Gasteiger charge is -2.71. The van der Waals surface area contributed by atoms with Gasteiger partial charge in [0.1, 0.15) is 5.76 Å². The van der Waals surface area contributed by atoms with Crippen molar-refractivity contribution in [3.8, 4) is 11.3 Å². The molecule has 5 nitrogen and oxygen atoms in total. The van der Waals surface area contributed by atoms with E-state index in [0.29, 0.717) is 31.4 Å². The standard InChI is InChI=1S/C43H47ClF3NO4/c1-38-17-13-29(49)24-40(38)20-21-42(31(25-40)37(50)34-12-11-33(52-34)30-23-28(43(45,46)47)9-10-32(30)44)35(38)14-18-39(2)36(42)15-19-41(39,51)26-48(3)22-16-27-7-5-4-6-8-27/h4-12,20-21,23,25,29,35-36,49,51H,13-19,22,24,26H2,1-3H3. The van der Waals surface area contributed by atoms with E-state index in [-0.39, 0.29) is 45.1 Å². The van der Waals surface area contributed by atoms with Gasteiger partial charge in [0.25, 0.3) is 0 Å². The lowest BCUT2D eigenvalue weighted by molar-refractivity contribution is -0.175. The highest BCUT2D eigenvalue weighted by Crippen LogP contribution is 2.78. The molecule has 2 N–H and O–H groups in total. The zero-order valence-electron chi connectivity index (χ0n) is 30.0. The first-order valence-corrected chi connectivity index (χ1v) is 19.0. The number of ketones is 1. The van der Waals surface area contributed by atoms with Gasteiger partial charge in [-0.05, 0) is 112 Å². The number of rotatable bonds is 8. The number of carbonyl (C=O) groups excluding carboxylic acids is 1. The normalized spacial score (nSPS) is 36.3. The molecule has 2 aromatic carbocycles. The van der Waals surface area contributed by atoms with Crippen LogP contribution in [0.1, 0.15) is 80.5 Å². The Morgan fingerprint density at radius 3 is 2.42 bits per heavy atom. The Morgan fingerprint density at radius 2 is 1.67 bits per heavy atom. The van der Waals surface area contributed by atoms with E-state index >= 15 is 0 Å². The molecule has 6 aliphatic rings. The smallest absolute Gasteiger partial charge is 0.416 e. The summed E-state index contributed by atoms with van der Waals surface area (Å²) < 4.78 is 47.0. The molecular formula is C43H47ClF3NO4. The first-order valence-electron chi connectivity index (χ1n) is 18.6. The van der Waals surface area contributed by atoms with Crippen LogP contribution in [0.15, 0.2) is 88.9 Å². The van der Waals surface area contributed by atoms with Crippen LogP contribution in [-0.2, 0) is 12.6 Å². The van der Waals surface area contributed by atoms with Crippen LogP contribution in [0.2, 0.25) is 5.02 Å². The highest BCUT2D eigenvalue weighted by Gasteiger charge is 2.74. The van der Waals surface area contributed by atoms with Crippen molar-refractivity contribution in [3.63, 3.8) is 0 Å². The average Bonchev–Trinajstić information content (AvgIpc) is 3.70. The van der Waals surface area contributed by atoms with Crippen LogP contribution in [0.4, 0.5) is 13.2 Å². The van der Waals surface area contributed by atoms with Gasteiger partial charge in [-0.2, -0.15) is 13.2 Å². The van der Waals surface area contributed by atoms with Crippen molar-refractivity contribution in [2.45, 2.75) is 83.1 Å². The molecule has 0 aliphatic heterocycles. The predicted molar refractivity (Wildman–Crippen MR) is 195 cm³/mol. The summed E-state index contributed by atoms with van der Waals surface area (Å²) in [5.41, 5.74) is -1.78. The minimum Gasteiger partial charge on any atom is -0.453 e. The fourth-order valence-corrected chi connectivity index (χ4v) is 11.9. The van der Waals surface area contributed by atoms with Crippen LogP contribution in [0.25, 0.3) is 11.3 Å². The second-order valence-corrected chi connectivity index (χ2v) is 17.4. The summed E-state index contributed by atoms with van der Waals surface area (Å²) in [4.78, 5) is 17.2. The summed E-state index contributed by atoms with van der Waals surface area (Å²) in [6, 6.07) is 16.5. The summed E-state index contributed by atoms with van der Waals surface area (Å²) in [5.74, 6) is -0.106. The fourth-order valence-electron chi connectivity index (χ4n) is 11.7. The molecule has 2 bridgehead atoms. The average molecular weight is 734 g/mol. The first kappa shape index (κ1) is 35.8. The number of halogens is 4. The number of carbonyl (C=O) groups is 1. The van der Waals surface area contributed by atoms with Crippen molar-refractivity contribution >= 4 is 17.4 Å². The number of furan rings is 1. The van der Waals surface area contributed by atoms with Crippen molar-refractivity contribution in [1.82, 2.24) is 4.90 Å². The Kier molecular flexibility index (Phi) is 8.39. The molecule has 52 heavy (non-hydrogen) atoms. The molecular weight excluding hydrogens is 687 g/mol. The van der Waals surface area contributed by atoms with E-state index < -0.39 is 39.7 Å². The molecule has 9 heteroatoms. The van der Waals surface area contributed by atoms with E-state index in [1.807, 2.05) is 18.2 Å². The number of nitrogens with zero attached hydrogens (tertiary/aromatic N) is 1. The predicted octanol–water partition coefficient (Wildman–Crippen LogP) is 9.57.